The van der Waals surface area contributed by atoms with Crippen molar-refractivity contribution in [3.8, 4) is 0 Å². The summed E-state index contributed by atoms with van der Waals surface area (Å²) in [6.07, 6.45) is -1.75. The Balaban J connectivity index is 2.68. The van der Waals surface area contributed by atoms with Crippen LogP contribution < -0.4 is 0 Å². The Morgan fingerprint density at radius 2 is 1.59 bits per heavy atom. The molecular formula is C9H21O10P3. The first-order chi connectivity index (χ1) is 9.70. The van der Waals surface area contributed by atoms with Crippen molar-refractivity contribution < 1.29 is 46.5 Å². The van der Waals surface area contributed by atoms with Crippen molar-refractivity contribution in [1.29, 1.82) is 0 Å². The molecule has 0 aliphatic carbocycles. The normalized spacial score (nSPS) is 32.9. The predicted molar refractivity (Wildman–Crippen MR) is 76.4 cm³/mol. The lowest BCUT2D eigenvalue weighted by atomic mass is 9.94. The highest BCUT2D eigenvalue weighted by molar-refractivity contribution is 7.60. The summed E-state index contributed by atoms with van der Waals surface area (Å²) >= 11 is 0. The Kier molecular flexibility index (Phi) is 6.61. The summed E-state index contributed by atoms with van der Waals surface area (Å²) in [4.78, 5) is 26.4. The maximum absolute atomic E-state index is 11.5. The topological polar surface area (TPSA) is 149 Å². The summed E-state index contributed by atoms with van der Waals surface area (Å²) in [6.45, 7) is 6.35. The van der Waals surface area contributed by atoms with Crippen LogP contribution >= 0.6 is 23.0 Å². The second kappa shape index (κ2) is 7.11. The van der Waals surface area contributed by atoms with E-state index >= 15 is 0 Å². The van der Waals surface area contributed by atoms with Gasteiger partial charge in [-0.15, -0.1) is 0 Å². The maximum Gasteiger partial charge on any atom is 0.483 e. The average molecular weight is 382 g/mol. The van der Waals surface area contributed by atoms with Gasteiger partial charge < -0.3 is 23.9 Å². The summed E-state index contributed by atoms with van der Waals surface area (Å²) in [5.74, 6) is -0.533. The van der Waals surface area contributed by atoms with Crippen LogP contribution in [0.25, 0.3) is 0 Å². The largest absolute Gasteiger partial charge is 0.483 e. The van der Waals surface area contributed by atoms with Gasteiger partial charge in [-0.1, -0.05) is 13.8 Å². The van der Waals surface area contributed by atoms with E-state index in [4.69, 9.17) is 19.0 Å². The number of hydrogen-bond donors (Lipinski definition) is 3. The highest BCUT2D eigenvalue weighted by atomic mass is 31.3. The molecule has 1 fully saturated rings. The zero-order chi connectivity index (χ0) is 17.3. The van der Waals surface area contributed by atoms with Gasteiger partial charge in [-0.3, -0.25) is 9.09 Å². The summed E-state index contributed by atoms with van der Waals surface area (Å²) in [6, 6.07) is 0. The van der Waals surface area contributed by atoms with Crippen LogP contribution in [0.4, 0.5) is 0 Å². The first-order valence-corrected chi connectivity index (χ1v) is 11.9. The van der Waals surface area contributed by atoms with Gasteiger partial charge in [0.2, 0.25) is 0 Å². The molecular weight excluding hydrogens is 361 g/mol. The van der Waals surface area contributed by atoms with E-state index < -0.39 is 35.4 Å². The van der Waals surface area contributed by atoms with E-state index in [0.29, 0.717) is 0 Å². The Hall–Kier alpha value is 0.410. The number of phosphoric ester groups is 1. The molecule has 22 heavy (non-hydrogen) atoms. The summed E-state index contributed by atoms with van der Waals surface area (Å²) in [5, 5.41) is 0. The van der Waals surface area contributed by atoms with Gasteiger partial charge in [-0.2, -0.15) is 4.31 Å². The molecule has 0 aromatic carbocycles. The molecule has 132 valence electrons. The van der Waals surface area contributed by atoms with Gasteiger partial charge in [0.05, 0.1) is 12.7 Å². The molecule has 0 aromatic heterocycles. The molecule has 0 spiro atoms. The van der Waals surface area contributed by atoms with E-state index in [1.807, 2.05) is 0 Å². The van der Waals surface area contributed by atoms with Crippen molar-refractivity contribution in [2.24, 2.45) is 11.8 Å². The van der Waals surface area contributed by atoms with Gasteiger partial charge in [-0.25, -0.2) is 9.13 Å². The molecule has 5 atom stereocenters. The minimum Gasteiger partial charge on any atom is -0.346 e. The molecule has 1 heterocycles. The first-order valence-electron chi connectivity index (χ1n) is 6.33. The third-order valence-corrected chi connectivity index (χ3v) is 6.07. The maximum atomic E-state index is 11.5. The number of ether oxygens (including phenoxy) is 1. The van der Waals surface area contributed by atoms with Crippen LogP contribution in [0.3, 0.4) is 0 Å². The quantitative estimate of drug-likeness (QED) is 0.556. The van der Waals surface area contributed by atoms with E-state index in [9.17, 15) is 18.6 Å². The molecule has 0 radical (unpaired) electrons. The van der Waals surface area contributed by atoms with Crippen molar-refractivity contribution in [3.05, 3.63) is 0 Å². The Bertz CT molecular complexity index is 524. The molecule has 13 heteroatoms. The number of rotatable bonds is 7. The van der Waals surface area contributed by atoms with Crippen LogP contribution in [-0.2, 0) is 31.8 Å². The van der Waals surface area contributed by atoms with Gasteiger partial charge >= 0.3 is 15.6 Å². The van der Waals surface area contributed by atoms with Crippen molar-refractivity contribution in [2.75, 3.05) is 19.9 Å². The lowest BCUT2D eigenvalue weighted by molar-refractivity contribution is -0.106. The molecule has 10 nitrogen and oxygen atoms in total. The van der Waals surface area contributed by atoms with E-state index in [2.05, 4.69) is 8.83 Å². The molecule has 0 amide bonds. The van der Waals surface area contributed by atoms with E-state index in [1.165, 1.54) is 13.3 Å². The molecule has 0 bridgehead atoms. The smallest absolute Gasteiger partial charge is 0.346 e. The van der Waals surface area contributed by atoms with Crippen molar-refractivity contribution in [1.82, 2.24) is 0 Å². The average Bonchev–Trinajstić information content (AvgIpc) is 2.49. The minimum absolute atomic E-state index is 0.00469. The van der Waals surface area contributed by atoms with Gasteiger partial charge in [-0.05, 0) is 5.92 Å². The molecule has 1 aliphatic heterocycles. The molecule has 3 N–H and O–H groups in total. The summed E-state index contributed by atoms with van der Waals surface area (Å²) < 4.78 is 52.6. The van der Waals surface area contributed by atoms with Crippen molar-refractivity contribution in [2.45, 2.75) is 26.2 Å². The Labute approximate surface area is 128 Å². The van der Waals surface area contributed by atoms with Crippen LogP contribution in [0.5, 0.6) is 0 Å². The van der Waals surface area contributed by atoms with Crippen LogP contribution in [0.1, 0.15) is 13.8 Å². The second-order valence-corrected chi connectivity index (χ2v) is 11.0. The third-order valence-electron chi connectivity index (χ3n) is 3.15. The molecule has 0 saturated carbocycles. The SMILES string of the molecule is CC1C(COP(C)(C)=O)OC(OP(=O)(O)OP(=O)(O)O)C1C. The Morgan fingerprint density at radius 1 is 1.05 bits per heavy atom. The van der Waals surface area contributed by atoms with Crippen LogP contribution in [0.2, 0.25) is 0 Å². The number of phosphoric acid groups is 2. The molecule has 0 aromatic rings. The Morgan fingerprint density at radius 3 is 2.05 bits per heavy atom. The third kappa shape index (κ3) is 6.89. The molecule has 5 unspecified atom stereocenters. The standard InChI is InChI=1S/C9H21O10P3/c1-6-7(2)9(17-8(6)5-16-20(3,4)10)18-22(14,15)19-21(11,12)13/h6-9H,5H2,1-4H3,(H,14,15)(H2,11,12,13). The van der Waals surface area contributed by atoms with E-state index in [-0.39, 0.29) is 18.4 Å². The summed E-state index contributed by atoms with van der Waals surface area (Å²) in [5.41, 5.74) is 0. The van der Waals surface area contributed by atoms with Gasteiger partial charge in [0.25, 0.3) is 0 Å². The van der Waals surface area contributed by atoms with Crippen LogP contribution in [-0.4, -0.2) is 47.0 Å². The van der Waals surface area contributed by atoms with Crippen molar-refractivity contribution >= 4 is 23.0 Å². The van der Waals surface area contributed by atoms with Crippen molar-refractivity contribution in [3.63, 3.8) is 0 Å². The van der Waals surface area contributed by atoms with E-state index in [1.54, 1.807) is 13.8 Å². The fourth-order valence-corrected chi connectivity index (χ4v) is 4.10. The van der Waals surface area contributed by atoms with Gasteiger partial charge in [0.1, 0.15) is 0 Å². The van der Waals surface area contributed by atoms with Gasteiger partial charge in [0, 0.05) is 19.2 Å². The zero-order valence-electron chi connectivity index (χ0n) is 12.6. The molecule has 1 rings (SSSR count). The second-order valence-electron chi connectivity index (χ2n) is 5.46. The lowest BCUT2D eigenvalue weighted by Gasteiger charge is -2.20. The number of hydrogen-bond acceptors (Lipinski definition) is 7. The zero-order valence-corrected chi connectivity index (χ0v) is 15.2. The molecule has 1 aliphatic rings. The van der Waals surface area contributed by atoms with Crippen LogP contribution in [0, 0.1) is 11.8 Å². The highest BCUT2D eigenvalue weighted by Crippen LogP contribution is 2.59. The van der Waals surface area contributed by atoms with Crippen LogP contribution in [0.15, 0.2) is 0 Å². The summed E-state index contributed by atoms with van der Waals surface area (Å²) in [7, 11) is -12.9. The monoisotopic (exact) mass is 382 g/mol. The first kappa shape index (κ1) is 20.5. The minimum atomic E-state index is -5.18. The van der Waals surface area contributed by atoms with Gasteiger partial charge in [0.15, 0.2) is 13.7 Å². The molecule has 1 saturated heterocycles. The fraction of sp³-hybridized carbons (Fsp3) is 1.00. The highest BCUT2D eigenvalue weighted by Gasteiger charge is 2.45. The lowest BCUT2D eigenvalue weighted by Crippen LogP contribution is -2.21. The predicted octanol–water partition coefficient (Wildman–Crippen LogP) is 1.76. The fourth-order valence-electron chi connectivity index (χ4n) is 1.86. The van der Waals surface area contributed by atoms with E-state index in [0.717, 1.165) is 0 Å².